The summed E-state index contributed by atoms with van der Waals surface area (Å²) in [7, 11) is 0. The number of hydrogen-bond donors (Lipinski definition) is 1. The highest BCUT2D eigenvalue weighted by Gasteiger charge is 2.21. The fourth-order valence-electron chi connectivity index (χ4n) is 3.67. The lowest BCUT2D eigenvalue weighted by Crippen LogP contribution is -2.25. The number of aromatic nitrogens is 1. The number of halogens is 1. The second kappa shape index (κ2) is 9.23. The van der Waals surface area contributed by atoms with E-state index in [4.69, 9.17) is 4.74 Å². The number of rotatable bonds is 8. The number of H-pyrrole nitrogens is 1. The van der Waals surface area contributed by atoms with Crippen molar-refractivity contribution in [3.63, 3.8) is 0 Å². The summed E-state index contributed by atoms with van der Waals surface area (Å²) < 4.78 is 19.2. The van der Waals surface area contributed by atoms with Crippen LogP contribution in [-0.4, -0.2) is 35.5 Å². The van der Waals surface area contributed by atoms with Crippen LogP contribution in [0.2, 0.25) is 0 Å². The zero-order valence-corrected chi connectivity index (χ0v) is 17.6. The first-order chi connectivity index (χ1) is 13.9. The highest BCUT2D eigenvalue weighted by atomic mass is 19.1. The van der Waals surface area contributed by atoms with Crippen LogP contribution in [0.1, 0.15) is 54.1 Å². The van der Waals surface area contributed by atoms with Crippen LogP contribution in [0.5, 0.6) is 0 Å². The van der Waals surface area contributed by atoms with Gasteiger partial charge in [0.1, 0.15) is 11.9 Å². The smallest absolute Gasteiger partial charge is 0.341 e. The van der Waals surface area contributed by atoms with Crippen molar-refractivity contribution >= 4 is 16.9 Å². The van der Waals surface area contributed by atoms with Crippen LogP contribution in [0, 0.1) is 12.7 Å². The normalized spacial score (nSPS) is 12.5. The number of nitrogens with one attached hydrogen (secondary N) is 1. The molecule has 29 heavy (non-hydrogen) atoms. The van der Waals surface area contributed by atoms with Gasteiger partial charge in [0.15, 0.2) is 0 Å². The summed E-state index contributed by atoms with van der Waals surface area (Å²) in [5.74, 6) is -0.738. The molecule has 1 unspecified atom stereocenters. The third-order valence-electron chi connectivity index (χ3n) is 5.47. The second-order valence-corrected chi connectivity index (χ2v) is 7.38. The van der Waals surface area contributed by atoms with E-state index in [9.17, 15) is 9.18 Å². The average molecular weight is 397 g/mol. The zero-order valence-electron chi connectivity index (χ0n) is 17.6. The Morgan fingerprint density at radius 1 is 1.17 bits per heavy atom. The molecule has 3 rings (SSSR count). The molecular formula is C24H29FN2O2. The molecule has 0 aliphatic carbocycles. The molecule has 1 heterocycles. The predicted octanol–water partition coefficient (Wildman–Crippen LogP) is 5.42. The van der Waals surface area contributed by atoms with Crippen LogP contribution in [0.4, 0.5) is 4.39 Å². The molecule has 1 aromatic heterocycles. The van der Waals surface area contributed by atoms with Crippen molar-refractivity contribution in [1.29, 1.82) is 0 Å². The number of aromatic amines is 1. The number of aryl methyl sites for hydroxylation is 1. The quantitative estimate of drug-likeness (QED) is 0.517. The molecule has 0 fully saturated rings. The van der Waals surface area contributed by atoms with Gasteiger partial charge in [-0.05, 0) is 68.8 Å². The SMILES string of the molecule is CCN(CC)CCc1ccc2[nH]c(C)c(C(=O)OC(C)c3cccc(F)c3)c2c1. The van der Waals surface area contributed by atoms with E-state index in [0.29, 0.717) is 11.1 Å². The van der Waals surface area contributed by atoms with Gasteiger partial charge < -0.3 is 14.6 Å². The maximum Gasteiger partial charge on any atom is 0.341 e. The average Bonchev–Trinajstić information content (AvgIpc) is 3.03. The molecule has 0 aliphatic heterocycles. The van der Waals surface area contributed by atoms with Crippen molar-refractivity contribution in [2.45, 2.75) is 40.2 Å². The third kappa shape index (κ3) is 4.85. The van der Waals surface area contributed by atoms with E-state index in [1.54, 1.807) is 19.1 Å². The number of benzene rings is 2. The van der Waals surface area contributed by atoms with Gasteiger partial charge in [0.05, 0.1) is 5.56 Å². The molecule has 4 nitrogen and oxygen atoms in total. The summed E-state index contributed by atoms with van der Waals surface area (Å²) in [5.41, 5.74) is 4.07. The van der Waals surface area contributed by atoms with Crippen LogP contribution in [0.3, 0.4) is 0 Å². The van der Waals surface area contributed by atoms with Gasteiger partial charge in [-0.25, -0.2) is 9.18 Å². The number of fused-ring (bicyclic) bond motifs is 1. The number of carbonyl (C=O) groups is 1. The Kier molecular flexibility index (Phi) is 6.70. The number of nitrogens with zero attached hydrogens (tertiary/aromatic N) is 1. The van der Waals surface area contributed by atoms with Gasteiger partial charge in [-0.1, -0.05) is 32.0 Å². The van der Waals surface area contributed by atoms with Gasteiger partial charge in [0, 0.05) is 23.1 Å². The molecule has 0 radical (unpaired) electrons. The van der Waals surface area contributed by atoms with Gasteiger partial charge in [-0.15, -0.1) is 0 Å². The van der Waals surface area contributed by atoms with E-state index < -0.39 is 12.1 Å². The van der Waals surface area contributed by atoms with Gasteiger partial charge in [0.2, 0.25) is 0 Å². The van der Waals surface area contributed by atoms with Crippen LogP contribution < -0.4 is 0 Å². The summed E-state index contributed by atoms with van der Waals surface area (Å²) in [4.78, 5) is 18.6. The van der Waals surface area contributed by atoms with Crippen molar-refractivity contribution in [1.82, 2.24) is 9.88 Å². The summed E-state index contributed by atoms with van der Waals surface area (Å²) in [5, 5.41) is 0.871. The van der Waals surface area contributed by atoms with Gasteiger partial charge >= 0.3 is 5.97 Å². The molecular weight excluding hydrogens is 367 g/mol. The first kappa shape index (κ1) is 21.1. The minimum absolute atomic E-state index is 0.341. The minimum atomic E-state index is -0.534. The molecule has 1 atom stereocenters. The molecule has 0 bridgehead atoms. The van der Waals surface area contributed by atoms with Gasteiger partial charge in [-0.2, -0.15) is 0 Å². The minimum Gasteiger partial charge on any atom is -0.454 e. The molecule has 154 valence electrons. The first-order valence-corrected chi connectivity index (χ1v) is 10.2. The fraction of sp³-hybridized carbons (Fsp3) is 0.375. The van der Waals surface area contributed by atoms with Gasteiger partial charge in [0.25, 0.3) is 0 Å². The van der Waals surface area contributed by atoms with E-state index in [1.165, 1.54) is 17.7 Å². The Bertz CT molecular complexity index is 992. The highest BCUT2D eigenvalue weighted by molar-refractivity contribution is 6.05. The lowest BCUT2D eigenvalue weighted by atomic mass is 10.1. The molecule has 5 heteroatoms. The fourth-order valence-corrected chi connectivity index (χ4v) is 3.67. The molecule has 0 saturated heterocycles. The van der Waals surface area contributed by atoms with E-state index >= 15 is 0 Å². The van der Waals surface area contributed by atoms with Crippen molar-refractivity contribution in [2.75, 3.05) is 19.6 Å². The van der Waals surface area contributed by atoms with Crippen LogP contribution in [-0.2, 0) is 11.2 Å². The molecule has 0 amide bonds. The van der Waals surface area contributed by atoms with Gasteiger partial charge in [-0.3, -0.25) is 0 Å². The summed E-state index contributed by atoms with van der Waals surface area (Å²) >= 11 is 0. The molecule has 2 aromatic carbocycles. The summed E-state index contributed by atoms with van der Waals surface area (Å²) in [6, 6.07) is 12.3. The Labute approximate surface area is 171 Å². The van der Waals surface area contributed by atoms with Crippen molar-refractivity contribution in [2.24, 2.45) is 0 Å². The largest absolute Gasteiger partial charge is 0.454 e. The van der Waals surface area contributed by atoms with Crippen molar-refractivity contribution in [3.8, 4) is 0 Å². The first-order valence-electron chi connectivity index (χ1n) is 10.2. The number of carbonyl (C=O) groups excluding carboxylic acids is 1. The Hall–Kier alpha value is -2.66. The van der Waals surface area contributed by atoms with E-state index in [2.05, 4.69) is 35.9 Å². The maximum atomic E-state index is 13.5. The van der Waals surface area contributed by atoms with E-state index in [-0.39, 0.29) is 5.82 Å². The topological polar surface area (TPSA) is 45.3 Å². The van der Waals surface area contributed by atoms with E-state index in [1.807, 2.05) is 13.0 Å². The van der Waals surface area contributed by atoms with Crippen molar-refractivity contribution in [3.05, 3.63) is 70.7 Å². The maximum absolute atomic E-state index is 13.5. The third-order valence-corrected chi connectivity index (χ3v) is 5.47. The standard InChI is InChI=1S/C24H29FN2O2/c1-5-27(6-2)13-12-18-10-11-22-21(14-18)23(16(3)26-22)24(28)29-17(4)19-8-7-9-20(25)15-19/h7-11,14-15,17,26H,5-6,12-13H2,1-4H3. The highest BCUT2D eigenvalue weighted by Crippen LogP contribution is 2.27. The lowest BCUT2D eigenvalue weighted by Gasteiger charge is -2.17. The van der Waals surface area contributed by atoms with Crippen molar-refractivity contribution < 1.29 is 13.9 Å². The monoisotopic (exact) mass is 396 g/mol. The Morgan fingerprint density at radius 3 is 2.62 bits per heavy atom. The number of hydrogen-bond acceptors (Lipinski definition) is 3. The number of esters is 1. The number of likely N-dealkylation sites (N-methyl/N-ethyl adjacent to an activating group) is 1. The molecule has 1 N–H and O–H groups in total. The Balaban J connectivity index is 1.83. The molecule has 0 aliphatic rings. The van der Waals surface area contributed by atoms with Crippen LogP contribution in [0.15, 0.2) is 42.5 Å². The summed E-state index contributed by atoms with van der Waals surface area (Å²) in [6.45, 7) is 11.0. The predicted molar refractivity (Wildman–Crippen MR) is 115 cm³/mol. The second-order valence-electron chi connectivity index (χ2n) is 7.38. The van der Waals surface area contributed by atoms with E-state index in [0.717, 1.165) is 42.7 Å². The molecule has 3 aromatic rings. The molecule has 0 spiro atoms. The van der Waals surface area contributed by atoms with Crippen LogP contribution >= 0.6 is 0 Å². The number of ether oxygens (including phenoxy) is 1. The lowest BCUT2D eigenvalue weighted by molar-refractivity contribution is 0.0339. The van der Waals surface area contributed by atoms with Crippen LogP contribution in [0.25, 0.3) is 10.9 Å². The summed E-state index contributed by atoms with van der Waals surface area (Å²) in [6.07, 6.45) is 0.393. The zero-order chi connectivity index (χ0) is 21.0. The molecule has 0 saturated carbocycles. The Morgan fingerprint density at radius 2 is 1.93 bits per heavy atom.